The lowest BCUT2D eigenvalue weighted by Crippen LogP contribution is -2.17. The third-order valence-electron chi connectivity index (χ3n) is 4.07. The Labute approximate surface area is 130 Å². The second-order valence-electron chi connectivity index (χ2n) is 5.57. The van der Waals surface area contributed by atoms with Crippen LogP contribution in [0.3, 0.4) is 0 Å². The lowest BCUT2D eigenvalue weighted by atomic mass is 9.88. The number of carbonyl (C=O) groups is 1. The van der Waals surface area contributed by atoms with Crippen LogP contribution in [0.5, 0.6) is 0 Å². The molecule has 0 spiro atoms. The molecule has 0 saturated carbocycles. The highest BCUT2D eigenvalue weighted by molar-refractivity contribution is 6.31. The number of aryl methyl sites for hydroxylation is 2. The van der Waals surface area contributed by atoms with Crippen LogP contribution in [0.25, 0.3) is 0 Å². The molecule has 3 rings (SSSR count). The average molecular weight is 300 g/mol. The predicted octanol–water partition coefficient (Wildman–Crippen LogP) is 4.78. The maximum atomic E-state index is 12.5. The van der Waals surface area contributed by atoms with Gasteiger partial charge in [0.2, 0.25) is 0 Å². The second-order valence-corrected chi connectivity index (χ2v) is 5.98. The molecule has 21 heavy (non-hydrogen) atoms. The van der Waals surface area contributed by atoms with E-state index in [1.807, 2.05) is 31.2 Å². The molecule has 1 aliphatic rings. The van der Waals surface area contributed by atoms with Crippen LogP contribution in [0.15, 0.2) is 36.4 Å². The summed E-state index contributed by atoms with van der Waals surface area (Å²) in [5.74, 6) is -0.0475. The molecule has 0 bridgehead atoms. The van der Waals surface area contributed by atoms with E-state index in [-0.39, 0.29) is 5.91 Å². The monoisotopic (exact) mass is 299 g/mol. The van der Waals surface area contributed by atoms with Gasteiger partial charge in [-0.2, -0.15) is 0 Å². The number of nitrogens with one attached hydrogen (secondary N) is 1. The molecule has 108 valence electrons. The summed E-state index contributed by atoms with van der Waals surface area (Å²) in [6, 6.07) is 11.6. The highest BCUT2D eigenvalue weighted by atomic mass is 35.5. The van der Waals surface area contributed by atoms with Crippen molar-refractivity contribution >= 4 is 23.2 Å². The van der Waals surface area contributed by atoms with Gasteiger partial charge < -0.3 is 5.32 Å². The van der Waals surface area contributed by atoms with E-state index in [0.717, 1.165) is 36.1 Å². The highest BCUT2D eigenvalue weighted by Gasteiger charge is 2.17. The minimum atomic E-state index is -0.0475. The zero-order chi connectivity index (χ0) is 14.8. The molecular formula is C18H18ClNO. The van der Waals surface area contributed by atoms with Crippen LogP contribution in [0.4, 0.5) is 5.69 Å². The Kier molecular flexibility index (Phi) is 3.98. The van der Waals surface area contributed by atoms with Gasteiger partial charge in [-0.3, -0.25) is 4.79 Å². The molecule has 0 fully saturated rings. The predicted molar refractivity (Wildman–Crippen MR) is 87.2 cm³/mol. The smallest absolute Gasteiger partial charge is 0.255 e. The second kappa shape index (κ2) is 5.90. The Morgan fingerprint density at radius 3 is 2.76 bits per heavy atom. The summed E-state index contributed by atoms with van der Waals surface area (Å²) in [6.45, 7) is 1.95. The molecule has 1 N–H and O–H groups in total. The van der Waals surface area contributed by atoms with Crippen molar-refractivity contribution in [3.05, 3.63) is 63.7 Å². The van der Waals surface area contributed by atoms with Gasteiger partial charge in [0, 0.05) is 16.3 Å². The summed E-state index contributed by atoms with van der Waals surface area (Å²) in [6.07, 6.45) is 4.44. The van der Waals surface area contributed by atoms with Gasteiger partial charge in [-0.25, -0.2) is 0 Å². The maximum absolute atomic E-state index is 12.5. The first-order valence-electron chi connectivity index (χ1n) is 7.33. The van der Waals surface area contributed by atoms with E-state index in [1.54, 1.807) is 6.07 Å². The fraction of sp³-hybridized carbons (Fsp3) is 0.278. The summed E-state index contributed by atoms with van der Waals surface area (Å²) in [4.78, 5) is 12.5. The van der Waals surface area contributed by atoms with Gasteiger partial charge in [0.15, 0.2) is 0 Å². The van der Waals surface area contributed by atoms with Gasteiger partial charge >= 0.3 is 0 Å². The van der Waals surface area contributed by atoms with Crippen LogP contribution in [0.2, 0.25) is 5.02 Å². The fourth-order valence-electron chi connectivity index (χ4n) is 2.86. The molecule has 0 aliphatic heterocycles. The van der Waals surface area contributed by atoms with Crippen molar-refractivity contribution < 1.29 is 4.79 Å². The standard InChI is InChI=1S/C18H18ClNO/c1-12-9-10-14(11-17(12)19)20-18(21)16-8-4-6-13-5-2-3-7-15(13)16/h4,6,8-11H,2-3,5,7H2,1H3,(H,20,21). The van der Waals surface area contributed by atoms with Crippen molar-refractivity contribution in [2.75, 3.05) is 5.32 Å². The quantitative estimate of drug-likeness (QED) is 0.849. The van der Waals surface area contributed by atoms with Crippen molar-refractivity contribution in [3.63, 3.8) is 0 Å². The number of hydrogen-bond acceptors (Lipinski definition) is 1. The van der Waals surface area contributed by atoms with Crippen LogP contribution in [0, 0.1) is 6.92 Å². The molecule has 0 unspecified atom stereocenters. The lowest BCUT2D eigenvalue weighted by Gasteiger charge is -2.19. The van der Waals surface area contributed by atoms with E-state index in [0.29, 0.717) is 5.02 Å². The lowest BCUT2D eigenvalue weighted by molar-refractivity contribution is 0.102. The Morgan fingerprint density at radius 2 is 1.95 bits per heavy atom. The fourth-order valence-corrected chi connectivity index (χ4v) is 3.04. The van der Waals surface area contributed by atoms with Crippen molar-refractivity contribution in [1.29, 1.82) is 0 Å². The zero-order valence-electron chi connectivity index (χ0n) is 12.1. The first kappa shape index (κ1) is 14.2. The van der Waals surface area contributed by atoms with Crippen LogP contribution in [-0.2, 0) is 12.8 Å². The Balaban J connectivity index is 1.87. The Bertz CT molecular complexity index is 694. The van der Waals surface area contributed by atoms with Crippen LogP contribution < -0.4 is 5.32 Å². The van der Waals surface area contributed by atoms with E-state index >= 15 is 0 Å². The molecule has 2 aromatic rings. The molecule has 0 saturated heterocycles. The minimum absolute atomic E-state index is 0.0475. The number of anilines is 1. The Morgan fingerprint density at radius 1 is 1.14 bits per heavy atom. The van der Waals surface area contributed by atoms with Gasteiger partial charge in [-0.15, -0.1) is 0 Å². The van der Waals surface area contributed by atoms with Crippen LogP contribution >= 0.6 is 11.6 Å². The molecule has 3 heteroatoms. The zero-order valence-corrected chi connectivity index (χ0v) is 12.8. The third-order valence-corrected chi connectivity index (χ3v) is 4.48. The van der Waals surface area contributed by atoms with Crippen molar-refractivity contribution in [1.82, 2.24) is 0 Å². The minimum Gasteiger partial charge on any atom is -0.322 e. The number of carbonyl (C=O) groups excluding carboxylic acids is 1. The molecule has 0 radical (unpaired) electrons. The maximum Gasteiger partial charge on any atom is 0.255 e. The summed E-state index contributed by atoms with van der Waals surface area (Å²) >= 11 is 6.11. The summed E-state index contributed by atoms with van der Waals surface area (Å²) in [7, 11) is 0. The number of halogens is 1. The SMILES string of the molecule is Cc1ccc(NC(=O)c2cccc3c2CCCC3)cc1Cl. The number of benzene rings is 2. The highest BCUT2D eigenvalue weighted by Crippen LogP contribution is 2.26. The van der Waals surface area contributed by atoms with Gasteiger partial charge in [0.25, 0.3) is 5.91 Å². The molecule has 2 aromatic carbocycles. The number of fused-ring (bicyclic) bond motifs is 1. The molecule has 2 nitrogen and oxygen atoms in total. The van der Waals surface area contributed by atoms with E-state index in [1.165, 1.54) is 17.5 Å². The average Bonchev–Trinajstić information content (AvgIpc) is 2.50. The van der Waals surface area contributed by atoms with E-state index in [9.17, 15) is 4.79 Å². The number of rotatable bonds is 2. The molecule has 1 amide bonds. The van der Waals surface area contributed by atoms with Crippen molar-refractivity contribution in [2.45, 2.75) is 32.6 Å². The summed E-state index contributed by atoms with van der Waals surface area (Å²) in [5, 5.41) is 3.62. The van der Waals surface area contributed by atoms with E-state index in [2.05, 4.69) is 11.4 Å². The van der Waals surface area contributed by atoms with E-state index in [4.69, 9.17) is 11.6 Å². The molecule has 1 aliphatic carbocycles. The normalized spacial score (nSPS) is 13.6. The van der Waals surface area contributed by atoms with Gasteiger partial charge in [0.1, 0.15) is 0 Å². The first-order chi connectivity index (χ1) is 10.1. The van der Waals surface area contributed by atoms with Crippen molar-refractivity contribution in [2.24, 2.45) is 0 Å². The largest absolute Gasteiger partial charge is 0.322 e. The first-order valence-corrected chi connectivity index (χ1v) is 7.71. The van der Waals surface area contributed by atoms with Crippen LogP contribution in [-0.4, -0.2) is 5.91 Å². The van der Waals surface area contributed by atoms with Gasteiger partial charge in [0.05, 0.1) is 0 Å². The van der Waals surface area contributed by atoms with Gasteiger partial charge in [-0.1, -0.05) is 29.8 Å². The van der Waals surface area contributed by atoms with Gasteiger partial charge in [-0.05, 0) is 67.5 Å². The number of hydrogen-bond donors (Lipinski definition) is 1. The topological polar surface area (TPSA) is 29.1 Å². The van der Waals surface area contributed by atoms with Crippen LogP contribution in [0.1, 0.15) is 39.9 Å². The molecular weight excluding hydrogens is 282 g/mol. The third kappa shape index (κ3) is 2.96. The van der Waals surface area contributed by atoms with E-state index < -0.39 is 0 Å². The number of amides is 1. The Hall–Kier alpha value is -1.80. The molecule has 0 aromatic heterocycles. The molecule has 0 atom stereocenters. The summed E-state index contributed by atoms with van der Waals surface area (Å²) in [5.41, 5.74) is 5.06. The molecule has 0 heterocycles. The summed E-state index contributed by atoms with van der Waals surface area (Å²) < 4.78 is 0. The van der Waals surface area contributed by atoms with Crippen molar-refractivity contribution in [3.8, 4) is 0 Å².